The normalized spacial score (nSPS) is 12.8. The molecule has 2 heteroatoms. The van der Waals surface area contributed by atoms with Crippen molar-refractivity contribution in [3.63, 3.8) is 0 Å². The highest BCUT2D eigenvalue weighted by atomic mass is 28.4. The molecular formula is C27H34OSi. The maximum absolute atomic E-state index is 7.02. The third-order valence-corrected chi connectivity index (χ3v) is 10.7. The van der Waals surface area contributed by atoms with Gasteiger partial charge in [-0.1, -0.05) is 126 Å². The average Bonchev–Trinajstić information content (AvgIpc) is 2.69. The van der Waals surface area contributed by atoms with Crippen molar-refractivity contribution in [3.05, 3.63) is 96.1 Å². The Kier molecular flexibility index (Phi) is 6.16. The first-order chi connectivity index (χ1) is 13.6. The molecule has 0 heterocycles. The largest absolute Gasteiger partial charge is 0.403 e. The zero-order chi connectivity index (χ0) is 21.1. The summed E-state index contributed by atoms with van der Waals surface area (Å²) in [5.41, 5.74) is 2.75. The molecule has 0 saturated carbocycles. The monoisotopic (exact) mass is 402 g/mol. The van der Waals surface area contributed by atoms with E-state index in [1.54, 1.807) is 0 Å². The Bertz CT molecular complexity index is 861. The molecule has 0 N–H and O–H groups in total. The van der Waals surface area contributed by atoms with Crippen molar-refractivity contribution in [2.45, 2.75) is 58.6 Å². The van der Waals surface area contributed by atoms with Gasteiger partial charge in [-0.25, -0.2) is 0 Å². The van der Waals surface area contributed by atoms with Crippen LogP contribution < -0.4 is 10.4 Å². The van der Waals surface area contributed by atoms with E-state index in [-0.39, 0.29) is 10.5 Å². The third kappa shape index (κ3) is 4.54. The second-order valence-electron chi connectivity index (χ2n) is 9.90. The maximum atomic E-state index is 7.02. The molecule has 0 amide bonds. The molecule has 0 aliphatic rings. The van der Waals surface area contributed by atoms with Crippen molar-refractivity contribution >= 4 is 18.7 Å². The van der Waals surface area contributed by atoms with E-state index in [4.69, 9.17) is 4.43 Å². The first kappa shape index (κ1) is 21.5. The van der Waals surface area contributed by atoms with Crippen molar-refractivity contribution < 1.29 is 4.43 Å². The summed E-state index contributed by atoms with van der Waals surface area (Å²) in [6.45, 7) is 14.3. The minimum Gasteiger partial charge on any atom is -0.403 e. The number of rotatable bonds is 5. The van der Waals surface area contributed by atoms with Crippen LogP contribution in [0.1, 0.15) is 52.7 Å². The molecule has 0 aliphatic carbocycles. The van der Waals surface area contributed by atoms with E-state index >= 15 is 0 Å². The molecule has 0 bridgehead atoms. The molecule has 152 valence electrons. The predicted octanol–water partition coefficient (Wildman–Crippen LogP) is 6.06. The number of hydrogen-bond acceptors (Lipinski definition) is 1. The van der Waals surface area contributed by atoms with Crippen LogP contribution in [-0.4, -0.2) is 8.32 Å². The van der Waals surface area contributed by atoms with Crippen LogP contribution in [0.3, 0.4) is 0 Å². The van der Waals surface area contributed by atoms with Crippen molar-refractivity contribution in [3.8, 4) is 0 Å². The summed E-state index contributed by atoms with van der Waals surface area (Å²) in [6.07, 6.45) is 0. The zero-order valence-corrected chi connectivity index (χ0v) is 19.7. The quantitative estimate of drug-likeness (QED) is 0.471. The lowest BCUT2D eigenvalue weighted by molar-refractivity contribution is 0.286. The molecule has 0 aromatic heterocycles. The molecular weight excluding hydrogens is 368 g/mol. The van der Waals surface area contributed by atoms with Crippen LogP contribution in [0.5, 0.6) is 0 Å². The van der Waals surface area contributed by atoms with E-state index in [1.807, 2.05) is 0 Å². The van der Waals surface area contributed by atoms with Crippen LogP contribution >= 0.6 is 0 Å². The van der Waals surface area contributed by atoms with Crippen molar-refractivity contribution in [1.29, 1.82) is 0 Å². The van der Waals surface area contributed by atoms with Crippen LogP contribution in [0.2, 0.25) is 5.04 Å². The molecule has 0 unspecified atom stereocenters. The minimum atomic E-state index is -2.48. The van der Waals surface area contributed by atoms with Gasteiger partial charge in [0.25, 0.3) is 8.32 Å². The molecule has 0 saturated heterocycles. The molecule has 3 aromatic rings. The number of hydrogen-bond donors (Lipinski definition) is 0. The van der Waals surface area contributed by atoms with Gasteiger partial charge in [0.05, 0.1) is 6.61 Å². The average molecular weight is 403 g/mol. The SMILES string of the molecule is CC(C)(C)c1ccc(CO[Si](c2ccccc2)(c2ccccc2)C(C)(C)C)cc1. The fourth-order valence-electron chi connectivity index (χ4n) is 4.05. The summed E-state index contributed by atoms with van der Waals surface area (Å²) in [4.78, 5) is 0. The molecule has 0 aliphatic heterocycles. The van der Waals surface area contributed by atoms with Crippen molar-refractivity contribution in [1.82, 2.24) is 0 Å². The molecule has 0 fully saturated rings. The highest BCUT2D eigenvalue weighted by Gasteiger charge is 2.50. The molecule has 3 aromatic carbocycles. The molecule has 29 heavy (non-hydrogen) atoms. The van der Waals surface area contributed by atoms with Crippen LogP contribution in [0, 0.1) is 0 Å². The lowest BCUT2D eigenvalue weighted by atomic mass is 9.87. The highest BCUT2D eigenvalue weighted by Crippen LogP contribution is 2.37. The number of benzene rings is 3. The summed E-state index contributed by atoms with van der Waals surface area (Å²) in [6, 6.07) is 30.6. The Morgan fingerprint density at radius 1 is 0.621 bits per heavy atom. The summed E-state index contributed by atoms with van der Waals surface area (Å²) >= 11 is 0. The molecule has 0 spiro atoms. The van der Waals surface area contributed by atoms with Gasteiger partial charge in [0.15, 0.2) is 0 Å². The van der Waals surface area contributed by atoms with E-state index in [2.05, 4.69) is 126 Å². The summed E-state index contributed by atoms with van der Waals surface area (Å²) in [5, 5.41) is 2.65. The van der Waals surface area contributed by atoms with E-state index in [1.165, 1.54) is 21.5 Å². The maximum Gasteiger partial charge on any atom is 0.261 e. The summed E-state index contributed by atoms with van der Waals surface area (Å²) in [5.74, 6) is 0. The van der Waals surface area contributed by atoms with Gasteiger partial charge in [0.2, 0.25) is 0 Å². The smallest absolute Gasteiger partial charge is 0.261 e. The molecule has 0 atom stereocenters. The lowest BCUT2D eigenvalue weighted by Gasteiger charge is -2.43. The van der Waals surface area contributed by atoms with Gasteiger partial charge in [0, 0.05) is 0 Å². The molecule has 3 rings (SSSR count). The topological polar surface area (TPSA) is 9.23 Å². The second-order valence-corrected chi connectivity index (χ2v) is 14.2. The van der Waals surface area contributed by atoms with E-state index < -0.39 is 8.32 Å². The van der Waals surface area contributed by atoms with Crippen LogP contribution in [0.15, 0.2) is 84.9 Å². The first-order valence-corrected chi connectivity index (χ1v) is 12.4. The summed E-state index contributed by atoms with van der Waals surface area (Å²) < 4.78 is 7.02. The fraction of sp³-hybridized carbons (Fsp3) is 0.333. The van der Waals surface area contributed by atoms with Crippen molar-refractivity contribution in [2.75, 3.05) is 0 Å². The Labute approximate surface area is 177 Å². The predicted molar refractivity (Wildman–Crippen MR) is 128 cm³/mol. The van der Waals surface area contributed by atoms with Crippen LogP contribution in [0.25, 0.3) is 0 Å². The minimum absolute atomic E-state index is 0.00105. The Morgan fingerprint density at radius 3 is 1.45 bits per heavy atom. The standard InChI is InChI=1S/C27H34OSi/c1-26(2,3)23-19-17-22(18-20-23)21-28-29(27(4,5)6,24-13-9-7-10-14-24)25-15-11-8-12-16-25/h7-20H,21H2,1-6H3. The van der Waals surface area contributed by atoms with Crippen molar-refractivity contribution in [2.24, 2.45) is 0 Å². The Hall–Kier alpha value is -2.16. The van der Waals surface area contributed by atoms with E-state index in [0.29, 0.717) is 6.61 Å². The third-order valence-electron chi connectivity index (χ3n) is 5.69. The Balaban J connectivity index is 2.02. The highest BCUT2D eigenvalue weighted by molar-refractivity contribution is 6.99. The Morgan fingerprint density at radius 2 is 1.07 bits per heavy atom. The van der Waals surface area contributed by atoms with Gasteiger partial charge < -0.3 is 4.43 Å². The van der Waals surface area contributed by atoms with Gasteiger partial charge in [-0.3, -0.25) is 0 Å². The lowest BCUT2D eigenvalue weighted by Crippen LogP contribution is -2.66. The van der Waals surface area contributed by atoms with Gasteiger partial charge >= 0.3 is 0 Å². The zero-order valence-electron chi connectivity index (χ0n) is 18.7. The molecule has 1 nitrogen and oxygen atoms in total. The molecule has 0 radical (unpaired) electrons. The van der Waals surface area contributed by atoms with E-state index in [9.17, 15) is 0 Å². The van der Waals surface area contributed by atoms with Crippen LogP contribution in [0.4, 0.5) is 0 Å². The van der Waals surface area contributed by atoms with Crippen LogP contribution in [-0.2, 0) is 16.4 Å². The van der Waals surface area contributed by atoms with Gasteiger partial charge in [-0.05, 0) is 32.0 Å². The fourth-order valence-corrected chi connectivity index (χ4v) is 8.59. The second kappa shape index (κ2) is 8.29. The van der Waals surface area contributed by atoms with Gasteiger partial charge in [-0.15, -0.1) is 0 Å². The first-order valence-electron chi connectivity index (χ1n) is 10.5. The summed E-state index contributed by atoms with van der Waals surface area (Å²) in [7, 11) is -2.48. The van der Waals surface area contributed by atoms with Gasteiger partial charge in [0.1, 0.15) is 0 Å². The van der Waals surface area contributed by atoms with Gasteiger partial charge in [-0.2, -0.15) is 0 Å². The van der Waals surface area contributed by atoms with E-state index in [0.717, 1.165) is 0 Å².